The van der Waals surface area contributed by atoms with Gasteiger partial charge in [-0.3, -0.25) is 9.78 Å². The van der Waals surface area contributed by atoms with Gasteiger partial charge in [0.15, 0.2) is 0 Å². The highest BCUT2D eigenvalue weighted by atomic mass is 79.9. The third-order valence-electron chi connectivity index (χ3n) is 4.67. The van der Waals surface area contributed by atoms with Gasteiger partial charge in [0.05, 0.1) is 5.75 Å². The topological polar surface area (TPSA) is 79.4 Å². The molecule has 8 heteroatoms. The van der Waals surface area contributed by atoms with Crippen molar-refractivity contribution < 1.29 is 13.2 Å². The number of aromatic nitrogens is 1. The van der Waals surface area contributed by atoms with Crippen LogP contribution in [0.5, 0.6) is 0 Å². The van der Waals surface area contributed by atoms with Crippen LogP contribution in [0.1, 0.15) is 24.0 Å². The Balaban J connectivity index is 1.50. The van der Waals surface area contributed by atoms with Crippen LogP contribution in [0.3, 0.4) is 0 Å². The smallest absolute Gasteiger partial charge is 0.223 e. The number of piperidine rings is 1. The van der Waals surface area contributed by atoms with Gasteiger partial charge in [-0.05, 0) is 42.2 Å². The van der Waals surface area contributed by atoms with Gasteiger partial charge in [0, 0.05) is 42.4 Å². The fourth-order valence-corrected chi connectivity index (χ4v) is 4.94. The van der Waals surface area contributed by atoms with Crippen LogP contribution in [0.2, 0.25) is 0 Å². The lowest BCUT2D eigenvalue weighted by molar-refractivity contribution is -0.126. The van der Waals surface area contributed by atoms with Crippen molar-refractivity contribution in [3.63, 3.8) is 0 Å². The van der Waals surface area contributed by atoms with Gasteiger partial charge in [0.2, 0.25) is 15.9 Å². The van der Waals surface area contributed by atoms with Gasteiger partial charge >= 0.3 is 0 Å². The first kappa shape index (κ1) is 20.0. The van der Waals surface area contributed by atoms with Crippen LogP contribution in [0, 0.1) is 5.92 Å². The quantitative estimate of drug-likeness (QED) is 0.731. The van der Waals surface area contributed by atoms with Crippen molar-refractivity contribution >= 4 is 31.9 Å². The lowest BCUT2D eigenvalue weighted by Crippen LogP contribution is -2.43. The summed E-state index contributed by atoms with van der Waals surface area (Å²) in [6.07, 6.45) is 4.49. The van der Waals surface area contributed by atoms with Gasteiger partial charge in [-0.1, -0.05) is 34.1 Å². The molecule has 1 aliphatic rings. The molecule has 3 rings (SSSR count). The van der Waals surface area contributed by atoms with Crippen LogP contribution in [0.15, 0.2) is 53.3 Å². The van der Waals surface area contributed by atoms with Crippen molar-refractivity contribution in [1.82, 2.24) is 14.6 Å². The number of carbonyl (C=O) groups excluding carboxylic acids is 1. The van der Waals surface area contributed by atoms with Gasteiger partial charge in [0.25, 0.3) is 0 Å². The second-order valence-corrected chi connectivity index (χ2v) is 9.52. The number of amides is 1. The molecule has 0 bridgehead atoms. The summed E-state index contributed by atoms with van der Waals surface area (Å²) < 4.78 is 27.7. The van der Waals surface area contributed by atoms with E-state index >= 15 is 0 Å². The van der Waals surface area contributed by atoms with E-state index in [1.54, 1.807) is 24.5 Å². The number of carbonyl (C=O) groups is 1. The van der Waals surface area contributed by atoms with Crippen LogP contribution in [0.25, 0.3) is 0 Å². The van der Waals surface area contributed by atoms with E-state index in [4.69, 9.17) is 0 Å². The zero-order chi connectivity index (χ0) is 19.3. The predicted molar refractivity (Wildman–Crippen MR) is 107 cm³/mol. The Labute approximate surface area is 168 Å². The average molecular weight is 452 g/mol. The van der Waals surface area contributed by atoms with Crippen molar-refractivity contribution in [2.45, 2.75) is 25.1 Å². The standard InChI is InChI=1S/C19H22BrN3O3S/c20-18-5-3-15(4-6-18)14-27(25,26)23-10-7-17(8-11-23)19(24)22-13-16-2-1-9-21-12-16/h1-6,9,12,17H,7-8,10-11,13-14H2,(H,22,24). The van der Waals surface area contributed by atoms with Crippen LogP contribution in [-0.2, 0) is 27.1 Å². The molecule has 144 valence electrons. The Morgan fingerprint density at radius 1 is 1.15 bits per heavy atom. The van der Waals surface area contributed by atoms with Crippen molar-refractivity contribution in [2.24, 2.45) is 5.92 Å². The zero-order valence-corrected chi connectivity index (χ0v) is 17.2. The van der Waals surface area contributed by atoms with E-state index in [0.717, 1.165) is 15.6 Å². The van der Waals surface area contributed by atoms with Gasteiger partial charge in [0.1, 0.15) is 0 Å². The number of nitrogens with zero attached hydrogens (tertiary/aromatic N) is 2. The molecule has 0 saturated carbocycles. The van der Waals surface area contributed by atoms with E-state index < -0.39 is 10.0 Å². The normalized spacial score (nSPS) is 16.2. The number of rotatable bonds is 6. The molecule has 27 heavy (non-hydrogen) atoms. The number of pyridine rings is 1. The van der Waals surface area contributed by atoms with Crippen LogP contribution < -0.4 is 5.32 Å². The third-order valence-corrected chi connectivity index (χ3v) is 7.05. The summed E-state index contributed by atoms with van der Waals surface area (Å²) in [7, 11) is -3.38. The molecule has 6 nitrogen and oxygen atoms in total. The molecule has 1 aromatic carbocycles. The molecule has 1 amide bonds. The highest BCUT2D eigenvalue weighted by Gasteiger charge is 2.31. The Morgan fingerprint density at radius 3 is 2.48 bits per heavy atom. The maximum absolute atomic E-state index is 12.6. The van der Waals surface area contributed by atoms with Crippen molar-refractivity contribution in [3.8, 4) is 0 Å². The van der Waals surface area contributed by atoms with Crippen molar-refractivity contribution in [3.05, 3.63) is 64.4 Å². The number of halogens is 1. The molecule has 0 radical (unpaired) electrons. The molecule has 1 aliphatic heterocycles. The Bertz CT molecular complexity index is 865. The Hall–Kier alpha value is -1.77. The maximum Gasteiger partial charge on any atom is 0.223 e. The second kappa shape index (κ2) is 8.95. The first-order valence-corrected chi connectivity index (χ1v) is 11.2. The molecule has 1 fully saturated rings. The largest absolute Gasteiger partial charge is 0.352 e. The molecular weight excluding hydrogens is 430 g/mol. The van der Waals surface area contributed by atoms with Gasteiger partial charge in [-0.25, -0.2) is 12.7 Å². The molecule has 1 saturated heterocycles. The fraction of sp³-hybridized carbons (Fsp3) is 0.368. The van der Waals surface area contributed by atoms with E-state index in [0.29, 0.717) is 32.5 Å². The first-order chi connectivity index (χ1) is 12.9. The summed E-state index contributed by atoms with van der Waals surface area (Å²) in [6.45, 7) is 1.20. The Morgan fingerprint density at radius 2 is 1.85 bits per heavy atom. The average Bonchev–Trinajstić information content (AvgIpc) is 2.69. The monoisotopic (exact) mass is 451 g/mol. The minimum Gasteiger partial charge on any atom is -0.352 e. The second-order valence-electron chi connectivity index (χ2n) is 6.64. The summed E-state index contributed by atoms with van der Waals surface area (Å²) in [5, 5.41) is 2.92. The number of sulfonamides is 1. The highest BCUT2D eigenvalue weighted by Crippen LogP contribution is 2.22. The molecule has 0 atom stereocenters. The lowest BCUT2D eigenvalue weighted by atomic mass is 9.97. The fourth-order valence-electron chi connectivity index (χ4n) is 3.11. The minimum absolute atomic E-state index is 0.0157. The minimum atomic E-state index is -3.38. The van der Waals surface area contributed by atoms with E-state index in [2.05, 4.69) is 26.2 Å². The molecule has 0 aliphatic carbocycles. The first-order valence-electron chi connectivity index (χ1n) is 8.83. The van der Waals surface area contributed by atoms with Gasteiger partial charge < -0.3 is 5.32 Å². The number of nitrogens with one attached hydrogen (secondary N) is 1. The Kier molecular flexibility index (Phi) is 6.62. The maximum atomic E-state index is 12.6. The summed E-state index contributed by atoms with van der Waals surface area (Å²) in [6, 6.07) is 11.0. The number of hydrogen-bond donors (Lipinski definition) is 1. The van der Waals surface area contributed by atoms with Crippen LogP contribution in [0.4, 0.5) is 0 Å². The molecule has 1 N–H and O–H groups in total. The van der Waals surface area contributed by atoms with Gasteiger partial charge in [-0.2, -0.15) is 0 Å². The third kappa shape index (κ3) is 5.60. The predicted octanol–water partition coefficient (Wildman–Crippen LogP) is 2.70. The summed E-state index contributed by atoms with van der Waals surface area (Å²) in [5.41, 5.74) is 1.70. The van der Waals surface area contributed by atoms with Crippen molar-refractivity contribution in [2.75, 3.05) is 13.1 Å². The molecule has 1 aromatic heterocycles. The van der Waals surface area contributed by atoms with Crippen LogP contribution >= 0.6 is 15.9 Å². The lowest BCUT2D eigenvalue weighted by Gasteiger charge is -2.30. The van der Waals surface area contributed by atoms with Crippen LogP contribution in [-0.4, -0.2) is 36.7 Å². The molecule has 0 unspecified atom stereocenters. The SMILES string of the molecule is O=C(NCc1cccnc1)C1CCN(S(=O)(=O)Cc2ccc(Br)cc2)CC1. The molecule has 2 heterocycles. The van der Waals surface area contributed by atoms with E-state index in [1.165, 1.54) is 4.31 Å². The molecule has 0 spiro atoms. The summed E-state index contributed by atoms with van der Waals surface area (Å²) in [5.74, 6) is -0.192. The van der Waals surface area contributed by atoms with E-state index in [-0.39, 0.29) is 17.6 Å². The van der Waals surface area contributed by atoms with Gasteiger partial charge in [-0.15, -0.1) is 0 Å². The summed E-state index contributed by atoms with van der Waals surface area (Å²) in [4.78, 5) is 16.4. The zero-order valence-electron chi connectivity index (χ0n) is 14.8. The summed E-state index contributed by atoms with van der Waals surface area (Å²) >= 11 is 3.35. The number of benzene rings is 1. The van der Waals surface area contributed by atoms with Crippen molar-refractivity contribution in [1.29, 1.82) is 0 Å². The van der Waals surface area contributed by atoms with E-state index in [9.17, 15) is 13.2 Å². The van der Waals surface area contributed by atoms with E-state index in [1.807, 2.05) is 24.3 Å². The molecule has 2 aromatic rings. The number of hydrogen-bond acceptors (Lipinski definition) is 4. The molecular formula is C19H22BrN3O3S. The highest BCUT2D eigenvalue weighted by molar-refractivity contribution is 9.10.